The van der Waals surface area contributed by atoms with Crippen LogP contribution in [0.4, 0.5) is 4.39 Å². The minimum atomic E-state index is -0.362. The number of nitrogens with zero attached hydrogens (tertiary/aromatic N) is 2. The number of aromatic nitrogens is 2. The normalized spacial score (nSPS) is 10.2. The molecule has 2 aromatic rings. The fourth-order valence-corrected chi connectivity index (χ4v) is 1.42. The topological polar surface area (TPSA) is 61.0 Å². The molecule has 0 saturated heterocycles. The molecule has 0 bridgehead atoms. The second-order valence-electron chi connectivity index (χ2n) is 3.37. The van der Waals surface area contributed by atoms with Crippen molar-refractivity contribution in [2.75, 3.05) is 0 Å². The summed E-state index contributed by atoms with van der Waals surface area (Å²) < 4.78 is 18.8. The van der Waals surface area contributed by atoms with Crippen molar-refractivity contribution < 1.29 is 9.13 Å². The van der Waals surface area contributed by atoms with Gasteiger partial charge in [-0.2, -0.15) is 0 Å². The van der Waals surface area contributed by atoms with Gasteiger partial charge in [0.05, 0.1) is 0 Å². The highest BCUT2D eigenvalue weighted by molar-refractivity contribution is 5.34. The summed E-state index contributed by atoms with van der Waals surface area (Å²) in [4.78, 5) is 8.02. The van der Waals surface area contributed by atoms with Crippen LogP contribution in [0.5, 0.6) is 5.75 Å². The number of hydrogen-bond acceptors (Lipinski definition) is 4. The minimum Gasteiger partial charge on any atom is -0.485 e. The smallest absolute Gasteiger partial charge is 0.166 e. The van der Waals surface area contributed by atoms with Crippen LogP contribution in [0, 0.1) is 5.82 Å². The molecule has 1 aromatic heterocycles. The zero-order valence-corrected chi connectivity index (χ0v) is 9.14. The third kappa shape index (κ3) is 2.76. The first-order valence-corrected chi connectivity index (χ1v) is 5.17. The van der Waals surface area contributed by atoms with E-state index in [1.54, 1.807) is 30.6 Å². The second kappa shape index (κ2) is 5.36. The van der Waals surface area contributed by atoms with Crippen molar-refractivity contribution >= 4 is 0 Å². The van der Waals surface area contributed by atoms with Gasteiger partial charge in [0.2, 0.25) is 0 Å². The molecule has 5 heteroatoms. The molecule has 0 aliphatic rings. The van der Waals surface area contributed by atoms with Crippen LogP contribution in [0.25, 0.3) is 0 Å². The molecule has 0 saturated carbocycles. The van der Waals surface area contributed by atoms with E-state index in [4.69, 9.17) is 10.5 Å². The number of ether oxygens (including phenoxy) is 1. The van der Waals surface area contributed by atoms with Crippen molar-refractivity contribution in [2.24, 2.45) is 5.73 Å². The summed E-state index contributed by atoms with van der Waals surface area (Å²) in [5.41, 5.74) is 5.83. The molecule has 0 atom stereocenters. The largest absolute Gasteiger partial charge is 0.485 e. The predicted molar refractivity (Wildman–Crippen MR) is 60.7 cm³/mol. The van der Waals surface area contributed by atoms with E-state index in [0.717, 1.165) is 0 Å². The first-order chi connectivity index (χ1) is 8.31. The average molecular weight is 233 g/mol. The Morgan fingerprint density at radius 1 is 1.18 bits per heavy atom. The van der Waals surface area contributed by atoms with Crippen LogP contribution in [-0.4, -0.2) is 9.97 Å². The first kappa shape index (κ1) is 11.5. The summed E-state index contributed by atoms with van der Waals surface area (Å²) in [7, 11) is 0. The van der Waals surface area contributed by atoms with Crippen LogP contribution < -0.4 is 10.5 Å². The van der Waals surface area contributed by atoms with Gasteiger partial charge in [-0.1, -0.05) is 6.07 Å². The van der Waals surface area contributed by atoms with Gasteiger partial charge in [0.1, 0.15) is 18.2 Å². The lowest BCUT2D eigenvalue weighted by Crippen LogP contribution is -2.06. The van der Waals surface area contributed by atoms with Gasteiger partial charge in [-0.15, -0.1) is 0 Å². The molecule has 0 unspecified atom stereocenters. The number of benzene rings is 1. The SMILES string of the molecule is NCc1c(F)cccc1OCc1ncccn1. The Bertz CT molecular complexity index is 490. The van der Waals surface area contributed by atoms with Gasteiger partial charge >= 0.3 is 0 Å². The molecule has 4 nitrogen and oxygen atoms in total. The van der Waals surface area contributed by atoms with Crippen molar-refractivity contribution in [3.63, 3.8) is 0 Å². The van der Waals surface area contributed by atoms with E-state index in [2.05, 4.69) is 9.97 Å². The molecular weight excluding hydrogens is 221 g/mol. The Hall–Kier alpha value is -2.01. The van der Waals surface area contributed by atoms with Crippen LogP contribution in [-0.2, 0) is 13.2 Å². The Morgan fingerprint density at radius 3 is 2.65 bits per heavy atom. The molecule has 0 radical (unpaired) electrons. The highest BCUT2D eigenvalue weighted by Gasteiger charge is 2.08. The number of nitrogens with two attached hydrogens (primary N) is 1. The van der Waals surface area contributed by atoms with Gasteiger partial charge in [-0.25, -0.2) is 14.4 Å². The molecule has 2 rings (SSSR count). The fourth-order valence-electron chi connectivity index (χ4n) is 1.42. The van der Waals surface area contributed by atoms with Crippen LogP contribution in [0.15, 0.2) is 36.7 Å². The lowest BCUT2D eigenvalue weighted by molar-refractivity contribution is 0.290. The molecule has 0 fully saturated rings. The van der Waals surface area contributed by atoms with Crippen molar-refractivity contribution in [3.05, 3.63) is 53.9 Å². The van der Waals surface area contributed by atoms with E-state index < -0.39 is 0 Å². The van der Waals surface area contributed by atoms with Crippen LogP contribution in [0.1, 0.15) is 11.4 Å². The third-order valence-electron chi connectivity index (χ3n) is 2.26. The highest BCUT2D eigenvalue weighted by Crippen LogP contribution is 2.21. The van der Waals surface area contributed by atoms with Crippen molar-refractivity contribution in [3.8, 4) is 5.75 Å². The van der Waals surface area contributed by atoms with Gasteiger partial charge < -0.3 is 10.5 Å². The molecule has 2 N–H and O–H groups in total. The van der Waals surface area contributed by atoms with E-state index >= 15 is 0 Å². The molecule has 88 valence electrons. The molecule has 0 aliphatic carbocycles. The molecule has 1 heterocycles. The Kier molecular flexibility index (Phi) is 3.62. The van der Waals surface area contributed by atoms with Gasteiger partial charge in [0.25, 0.3) is 0 Å². The molecular formula is C12H12FN3O. The summed E-state index contributed by atoms with van der Waals surface area (Å²) >= 11 is 0. The summed E-state index contributed by atoms with van der Waals surface area (Å²) in [6, 6.07) is 6.33. The Labute approximate surface area is 98.3 Å². The molecule has 0 amide bonds. The van der Waals surface area contributed by atoms with Crippen LogP contribution >= 0.6 is 0 Å². The fraction of sp³-hybridized carbons (Fsp3) is 0.167. The second-order valence-corrected chi connectivity index (χ2v) is 3.37. The summed E-state index contributed by atoms with van der Waals surface area (Å²) in [5, 5.41) is 0. The zero-order chi connectivity index (χ0) is 12.1. The predicted octanol–water partition coefficient (Wildman–Crippen LogP) is 1.65. The molecule has 17 heavy (non-hydrogen) atoms. The summed E-state index contributed by atoms with van der Waals surface area (Å²) in [6.07, 6.45) is 3.25. The monoisotopic (exact) mass is 233 g/mol. The van der Waals surface area contributed by atoms with Crippen molar-refractivity contribution in [1.82, 2.24) is 9.97 Å². The summed E-state index contributed by atoms with van der Waals surface area (Å²) in [6.45, 7) is 0.287. The maximum Gasteiger partial charge on any atom is 0.166 e. The lowest BCUT2D eigenvalue weighted by Gasteiger charge is -2.09. The van der Waals surface area contributed by atoms with Gasteiger partial charge in [-0.3, -0.25) is 0 Å². The van der Waals surface area contributed by atoms with E-state index in [9.17, 15) is 4.39 Å². The first-order valence-electron chi connectivity index (χ1n) is 5.17. The van der Waals surface area contributed by atoms with Gasteiger partial charge in [0, 0.05) is 24.5 Å². The zero-order valence-electron chi connectivity index (χ0n) is 9.14. The molecule has 1 aromatic carbocycles. The number of hydrogen-bond donors (Lipinski definition) is 1. The van der Waals surface area contributed by atoms with Crippen molar-refractivity contribution in [2.45, 2.75) is 13.2 Å². The van der Waals surface area contributed by atoms with E-state index in [-0.39, 0.29) is 19.0 Å². The highest BCUT2D eigenvalue weighted by atomic mass is 19.1. The summed E-state index contributed by atoms with van der Waals surface area (Å²) in [5.74, 6) is 0.610. The van der Waals surface area contributed by atoms with E-state index in [0.29, 0.717) is 17.1 Å². The maximum absolute atomic E-state index is 13.4. The number of halogens is 1. The minimum absolute atomic E-state index is 0.0949. The number of rotatable bonds is 4. The standard InChI is InChI=1S/C12H12FN3O/c13-10-3-1-4-11(9(10)7-14)17-8-12-15-5-2-6-16-12/h1-6H,7-8,14H2. The molecule has 0 aliphatic heterocycles. The Balaban J connectivity index is 2.12. The Morgan fingerprint density at radius 2 is 1.94 bits per heavy atom. The van der Waals surface area contributed by atoms with E-state index in [1.165, 1.54) is 6.07 Å². The van der Waals surface area contributed by atoms with Crippen LogP contribution in [0.3, 0.4) is 0 Å². The van der Waals surface area contributed by atoms with Crippen molar-refractivity contribution in [1.29, 1.82) is 0 Å². The van der Waals surface area contributed by atoms with Crippen LogP contribution in [0.2, 0.25) is 0 Å². The quantitative estimate of drug-likeness (QED) is 0.872. The lowest BCUT2D eigenvalue weighted by atomic mass is 10.2. The average Bonchev–Trinajstić information content (AvgIpc) is 2.37. The van der Waals surface area contributed by atoms with E-state index in [1.807, 2.05) is 0 Å². The van der Waals surface area contributed by atoms with Gasteiger partial charge in [-0.05, 0) is 18.2 Å². The van der Waals surface area contributed by atoms with Gasteiger partial charge in [0.15, 0.2) is 5.82 Å². The molecule has 0 spiro atoms. The maximum atomic E-state index is 13.4. The third-order valence-corrected chi connectivity index (χ3v) is 2.26.